The molecule has 4 heterocycles. The third kappa shape index (κ3) is 5.68. The fourth-order valence-corrected chi connectivity index (χ4v) is 6.95. The number of aromatic nitrogens is 2. The van der Waals surface area contributed by atoms with Crippen molar-refractivity contribution in [3.63, 3.8) is 0 Å². The predicted octanol–water partition coefficient (Wildman–Crippen LogP) is 3.76. The summed E-state index contributed by atoms with van der Waals surface area (Å²) < 4.78 is 12.8. The average molecular weight is 557 g/mol. The fraction of sp³-hybridized carbons (Fsp3) is 0.562. The van der Waals surface area contributed by atoms with Crippen LogP contribution in [-0.4, -0.2) is 84.1 Å². The molecule has 1 aliphatic carbocycles. The summed E-state index contributed by atoms with van der Waals surface area (Å²) in [6.45, 7) is 15.1. The number of aryl methyl sites for hydroxylation is 1. The molecular weight excluding hydrogens is 516 g/mol. The molecule has 0 radical (unpaired) electrons. The van der Waals surface area contributed by atoms with Gasteiger partial charge in [-0.2, -0.15) is 9.97 Å². The van der Waals surface area contributed by atoms with Crippen LogP contribution in [0.15, 0.2) is 30.9 Å². The van der Waals surface area contributed by atoms with Crippen molar-refractivity contribution in [2.75, 3.05) is 51.3 Å². The Labute approximate surface area is 243 Å². The Bertz CT molecular complexity index is 1340. The Morgan fingerprint density at radius 1 is 1.17 bits per heavy atom. The number of rotatable bonds is 7. The van der Waals surface area contributed by atoms with E-state index in [2.05, 4.69) is 46.5 Å². The molecule has 1 unspecified atom stereocenters. The summed E-state index contributed by atoms with van der Waals surface area (Å²) in [4.78, 5) is 32.3. The van der Waals surface area contributed by atoms with Gasteiger partial charge in [-0.3, -0.25) is 4.79 Å². The van der Waals surface area contributed by atoms with Crippen molar-refractivity contribution in [1.82, 2.24) is 19.8 Å². The molecule has 216 valence electrons. The first-order valence-electron chi connectivity index (χ1n) is 15.0. The van der Waals surface area contributed by atoms with Crippen LogP contribution >= 0.6 is 0 Å². The van der Waals surface area contributed by atoms with Gasteiger partial charge in [-0.05, 0) is 74.9 Å². The van der Waals surface area contributed by atoms with Crippen LogP contribution in [0.1, 0.15) is 59.7 Å². The predicted molar refractivity (Wildman–Crippen MR) is 157 cm³/mol. The van der Waals surface area contributed by atoms with Gasteiger partial charge in [0.25, 0.3) is 0 Å². The van der Waals surface area contributed by atoms with E-state index in [1.807, 2.05) is 0 Å². The van der Waals surface area contributed by atoms with Gasteiger partial charge in [0.2, 0.25) is 12.5 Å². The van der Waals surface area contributed by atoms with Crippen LogP contribution in [0.25, 0.3) is 4.85 Å². The van der Waals surface area contributed by atoms with Crippen molar-refractivity contribution in [3.05, 3.63) is 70.2 Å². The number of ether oxygens (including phenoxy) is 2. The van der Waals surface area contributed by atoms with Crippen molar-refractivity contribution in [2.24, 2.45) is 0 Å². The van der Waals surface area contributed by atoms with Gasteiger partial charge in [-0.15, -0.1) is 0 Å². The Kier molecular flexibility index (Phi) is 8.22. The van der Waals surface area contributed by atoms with Crippen molar-refractivity contribution in [2.45, 2.75) is 69.7 Å². The number of carbonyl (C=O) groups is 1. The normalized spacial score (nSPS) is 24.3. The molecule has 0 spiro atoms. The van der Waals surface area contributed by atoms with Crippen molar-refractivity contribution in [1.29, 1.82) is 0 Å². The van der Waals surface area contributed by atoms with Gasteiger partial charge in [-0.1, -0.05) is 24.8 Å². The third-order valence-electron chi connectivity index (χ3n) is 9.26. The molecule has 2 saturated heterocycles. The van der Waals surface area contributed by atoms with Gasteiger partial charge in [0.1, 0.15) is 18.5 Å². The lowest BCUT2D eigenvalue weighted by molar-refractivity contribution is -0.128. The lowest BCUT2D eigenvalue weighted by Crippen LogP contribution is -2.56. The second-order valence-corrected chi connectivity index (χ2v) is 11.7. The van der Waals surface area contributed by atoms with E-state index >= 15 is 0 Å². The van der Waals surface area contributed by atoms with E-state index in [9.17, 15) is 4.79 Å². The molecule has 41 heavy (non-hydrogen) atoms. The molecule has 0 N–H and O–H groups in total. The lowest BCUT2D eigenvalue weighted by atomic mass is 9.85. The smallest absolute Gasteiger partial charge is 0.318 e. The van der Waals surface area contributed by atoms with Crippen LogP contribution in [-0.2, 0) is 35.4 Å². The molecular formula is C32H40N6O3. The topological polar surface area (TPSA) is 75.4 Å². The van der Waals surface area contributed by atoms with Crippen molar-refractivity contribution < 1.29 is 14.3 Å². The number of amides is 1. The van der Waals surface area contributed by atoms with Gasteiger partial charge >= 0.3 is 6.01 Å². The number of fused-ring (bicyclic) bond motifs is 2. The quantitative estimate of drug-likeness (QED) is 0.380. The number of benzene rings is 1. The minimum absolute atomic E-state index is 0.0518. The summed E-state index contributed by atoms with van der Waals surface area (Å²) in [5.74, 6) is 0.670. The Hall–Kier alpha value is -3.48. The summed E-state index contributed by atoms with van der Waals surface area (Å²) >= 11 is 0. The van der Waals surface area contributed by atoms with E-state index in [1.54, 1.807) is 4.90 Å². The number of piperazine rings is 1. The number of hydrogen-bond acceptors (Lipinski definition) is 7. The zero-order chi connectivity index (χ0) is 28.3. The Morgan fingerprint density at radius 3 is 2.85 bits per heavy atom. The van der Waals surface area contributed by atoms with Crippen LogP contribution in [0, 0.1) is 6.57 Å². The van der Waals surface area contributed by atoms with Crippen LogP contribution < -0.4 is 9.64 Å². The minimum atomic E-state index is -0.234. The highest BCUT2D eigenvalue weighted by molar-refractivity contribution is 5.87. The molecule has 6 rings (SSSR count). The van der Waals surface area contributed by atoms with Crippen LogP contribution in [0.3, 0.4) is 0 Å². The van der Waals surface area contributed by atoms with Crippen LogP contribution in [0.2, 0.25) is 0 Å². The summed E-state index contributed by atoms with van der Waals surface area (Å²) in [6, 6.07) is 7.18. The first-order chi connectivity index (χ1) is 20.1. The number of nitrogens with zero attached hydrogens (tertiary/aromatic N) is 6. The second kappa shape index (κ2) is 12.2. The number of hydrogen-bond donors (Lipinski definition) is 0. The molecule has 2 fully saturated rings. The number of anilines is 1. The molecule has 2 aromatic rings. The number of likely N-dealkylation sites (N-methyl/N-ethyl adjacent to an activating group) is 1. The maximum Gasteiger partial charge on any atom is 0.318 e. The van der Waals surface area contributed by atoms with Crippen molar-refractivity contribution >= 4 is 11.7 Å². The number of likely N-dealkylation sites (tertiary alicyclic amines) is 1. The first kappa shape index (κ1) is 27.7. The molecule has 1 aromatic heterocycles. The van der Waals surface area contributed by atoms with E-state index in [0.717, 1.165) is 42.9 Å². The largest absolute Gasteiger partial charge is 0.462 e. The van der Waals surface area contributed by atoms with E-state index in [4.69, 9.17) is 26.0 Å². The third-order valence-corrected chi connectivity index (χ3v) is 9.26. The van der Waals surface area contributed by atoms with Gasteiger partial charge in [0, 0.05) is 37.7 Å². The van der Waals surface area contributed by atoms with E-state index < -0.39 is 0 Å². The summed E-state index contributed by atoms with van der Waals surface area (Å²) in [5, 5.41) is 0. The molecule has 3 atom stereocenters. The van der Waals surface area contributed by atoms with Gasteiger partial charge in [-0.25, -0.2) is 6.57 Å². The Morgan fingerprint density at radius 2 is 2.05 bits per heavy atom. The van der Waals surface area contributed by atoms with Crippen molar-refractivity contribution in [3.8, 4) is 6.01 Å². The first-order valence-corrected chi connectivity index (χ1v) is 15.0. The molecule has 1 aromatic carbocycles. The molecule has 4 aliphatic rings. The highest BCUT2D eigenvalue weighted by Crippen LogP contribution is 2.38. The SMILES string of the molecule is [C-]#[N+]C[C@H]1CN(c2nc(OC[C@@H]3CCCN3C)nc3c2COC(c2cccc4c2CCCC4)C3)CCN1C(=O)C=C. The van der Waals surface area contributed by atoms with E-state index in [0.29, 0.717) is 51.3 Å². The molecule has 9 nitrogen and oxygen atoms in total. The zero-order valence-corrected chi connectivity index (χ0v) is 24.1. The maximum absolute atomic E-state index is 12.5. The standard InChI is InChI=1S/C32H40N6O3/c1-4-30(39)38-16-15-37(19-24(38)18-33-2)31-27-21-40-29(26-13-7-10-22-9-5-6-12-25(22)26)17-28(27)34-32(35-31)41-20-23-11-8-14-36(23)3/h4,7,10,13,23-24,29H,1,5-6,8-9,11-12,14-21H2,3H3/t23-,24-,29?/m0/s1. The number of carbonyl (C=O) groups excluding carboxylic acids is 1. The summed E-state index contributed by atoms with van der Waals surface area (Å²) in [7, 11) is 2.14. The van der Waals surface area contributed by atoms with Crippen LogP contribution in [0.4, 0.5) is 5.82 Å². The zero-order valence-electron chi connectivity index (χ0n) is 24.1. The lowest BCUT2D eigenvalue weighted by Gasteiger charge is -2.40. The molecule has 9 heteroatoms. The average Bonchev–Trinajstić information content (AvgIpc) is 3.43. The summed E-state index contributed by atoms with van der Waals surface area (Å²) in [6.07, 6.45) is 8.95. The molecule has 0 bridgehead atoms. The van der Waals surface area contributed by atoms with E-state index in [-0.39, 0.29) is 24.6 Å². The fourth-order valence-electron chi connectivity index (χ4n) is 6.95. The highest BCUT2D eigenvalue weighted by Gasteiger charge is 2.36. The molecule has 3 aliphatic heterocycles. The van der Waals surface area contributed by atoms with E-state index in [1.165, 1.54) is 42.0 Å². The minimum Gasteiger partial charge on any atom is -0.462 e. The monoisotopic (exact) mass is 556 g/mol. The summed E-state index contributed by atoms with van der Waals surface area (Å²) in [5.41, 5.74) is 6.15. The van der Waals surface area contributed by atoms with Gasteiger partial charge < -0.3 is 29.0 Å². The van der Waals surface area contributed by atoms with Gasteiger partial charge in [0.05, 0.1) is 18.4 Å². The molecule has 1 amide bonds. The van der Waals surface area contributed by atoms with Gasteiger partial charge in [0.15, 0.2) is 0 Å². The van der Waals surface area contributed by atoms with Crippen LogP contribution in [0.5, 0.6) is 6.01 Å². The highest BCUT2D eigenvalue weighted by atomic mass is 16.5. The second-order valence-electron chi connectivity index (χ2n) is 11.7. The maximum atomic E-state index is 12.5. The molecule has 0 saturated carbocycles. The Balaban J connectivity index is 1.31.